The van der Waals surface area contributed by atoms with Gasteiger partial charge in [0, 0.05) is 6.20 Å². The molecular weight excluding hydrogens is 284 g/mol. The third kappa shape index (κ3) is 3.30. The molecule has 1 aliphatic heterocycles. The van der Waals surface area contributed by atoms with Crippen molar-refractivity contribution in [1.82, 2.24) is 20.8 Å². The van der Waals surface area contributed by atoms with Crippen molar-refractivity contribution in [2.45, 2.75) is 19.5 Å². The van der Waals surface area contributed by atoms with Gasteiger partial charge in [-0.05, 0) is 30.7 Å². The van der Waals surface area contributed by atoms with Gasteiger partial charge in [-0.3, -0.25) is 5.10 Å². The number of hydrogen-bond acceptors (Lipinski definition) is 4. The number of urea groups is 1. The lowest BCUT2D eigenvalue weighted by atomic mass is 10.1. The van der Waals surface area contributed by atoms with Crippen molar-refractivity contribution < 1.29 is 14.3 Å². The maximum atomic E-state index is 11.9. The molecule has 0 spiro atoms. The van der Waals surface area contributed by atoms with Crippen LogP contribution in [0, 0.1) is 0 Å². The molecule has 2 aromatic rings. The Bertz CT molecular complexity index is 642. The number of benzene rings is 1. The van der Waals surface area contributed by atoms with Gasteiger partial charge in [0.25, 0.3) is 0 Å². The first-order valence-corrected chi connectivity index (χ1v) is 7.14. The van der Waals surface area contributed by atoms with Crippen molar-refractivity contribution in [2.75, 3.05) is 13.2 Å². The fourth-order valence-electron chi connectivity index (χ4n) is 2.22. The van der Waals surface area contributed by atoms with Crippen molar-refractivity contribution >= 4 is 6.03 Å². The van der Waals surface area contributed by atoms with Crippen LogP contribution in [0.3, 0.4) is 0 Å². The van der Waals surface area contributed by atoms with Crippen LogP contribution in [0.2, 0.25) is 0 Å². The number of amides is 2. The van der Waals surface area contributed by atoms with Gasteiger partial charge in [0.1, 0.15) is 13.2 Å². The van der Waals surface area contributed by atoms with Crippen LogP contribution in [-0.2, 0) is 6.54 Å². The molecule has 1 aromatic heterocycles. The Morgan fingerprint density at radius 1 is 1.32 bits per heavy atom. The highest BCUT2D eigenvalue weighted by Gasteiger charge is 2.15. The molecule has 0 fully saturated rings. The minimum Gasteiger partial charge on any atom is -0.486 e. The molecule has 22 heavy (non-hydrogen) atoms. The van der Waals surface area contributed by atoms with Crippen LogP contribution in [0.1, 0.15) is 24.2 Å². The van der Waals surface area contributed by atoms with Gasteiger partial charge in [-0.15, -0.1) is 0 Å². The van der Waals surface area contributed by atoms with Crippen LogP contribution < -0.4 is 20.1 Å². The normalized spacial score (nSPS) is 14.2. The molecule has 0 bridgehead atoms. The van der Waals surface area contributed by atoms with Crippen LogP contribution in [0.15, 0.2) is 30.5 Å². The first kappa shape index (κ1) is 14.2. The van der Waals surface area contributed by atoms with Gasteiger partial charge in [-0.1, -0.05) is 6.07 Å². The number of carbonyl (C=O) groups excluding carboxylic acids is 1. The Kier molecular flexibility index (Phi) is 4.13. The lowest BCUT2D eigenvalue weighted by Gasteiger charge is -2.21. The molecule has 0 radical (unpaired) electrons. The van der Waals surface area contributed by atoms with Gasteiger partial charge in [0.15, 0.2) is 11.5 Å². The first-order chi connectivity index (χ1) is 10.7. The summed E-state index contributed by atoms with van der Waals surface area (Å²) in [5, 5.41) is 12.3. The van der Waals surface area contributed by atoms with E-state index in [0.29, 0.717) is 19.8 Å². The molecule has 3 N–H and O–H groups in total. The smallest absolute Gasteiger partial charge is 0.315 e. The van der Waals surface area contributed by atoms with E-state index in [4.69, 9.17) is 9.47 Å². The number of rotatable bonds is 4. The second kappa shape index (κ2) is 6.38. The number of nitrogens with one attached hydrogen (secondary N) is 3. The molecule has 0 saturated heterocycles. The van der Waals surface area contributed by atoms with E-state index in [1.807, 2.05) is 31.2 Å². The largest absolute Gasteiger partial charge is 0.486 e. The third-order valence-electron chi connectivity index (χ3n) is 3.41. The van der Waals surface area contributed by atoms with Gasteiger partial charge in [-0.25, -0.2) is 4.79 Å². The van der Waals surface area contributed by atoms with Crippen molar-refractivity contribution in [2.24, 2.45) is 0 Å². The van der Waals surface area contributed by atoms with Crippen molar-refractivity contribution in [3.8, 4) is 11.5 Å². The maximum absolute atomic E-state index is 11.9. The molecule has 0 aliphatic carbocycles. The first-order valence-electron chi connectivity index (χ1n) is 7.14. The number of nitrogens with zero attached hydrogens (tertiary/aromatic N) is 1. The highest BCUT2D eigenvalue weighted by atomic mass is 16.6. The van der Waals surface area contributed by atoms with Crippen LogP contribution in [-0.4, -0.2) is 29.4 Å². The van der Waals surface area contributed by atoms with Gasteiger partial charge >= 0.3 is 6.03 Å². The van der Waals surface area contributed by atoms with Gasteiger partial charge < -0.3 is 20.1 Å². The Hall–Kier alpha value is -2.70. The summed E-state index contributed by atoms with van der Waals surface area (Å²) in [7, 11) is 0. The lowest BCUT2D eigenvalue weighted by Crippen LogP contribution is -2.36. The zero-order valence-corrected chi connectivity index (χ0v) is 12.3. The molecule has 0 saturated carbocycles. The van der Waals surface area contributed by atoms with E-state index in [-0.39, 0.29) is 12.1 Å². The van der Waals surface area contributed by atoms with Crippen LogP contribution in [0.25, 0.3) is 0 Å². The van der Waals surface area contributed by atoms with Crippen molar-refractivity contribution in [1.29, 1.82) is 0 Å². The fourth-order valence-corrected chi connectivity index (χ4v) is 2.22. The molecule has 1 unspecified atom stereocenters. The Labute approximate surface area is 128 Å². The number of aromatic amines is 1. The zero-order valence-electron chi connectivity index (χ0n) is 12.3. The Balaban J connectivity index is 1.56. The van der Waals surface area contributed by atoms with Gasteiger partial charge in [-0.2, -0.15) is 5.10 Å². The summed E-state index contributed by atoms with van der Waals surface area (Å²) < 4.78 is 11.0. The summed E-state index contributed by atoms with van der Waals surface area (Å²) in [6.07, 6.45) is 1.65. The highest BCUT2D eigenvalue weighted by Crippen LogP contribution is 2.32. The number of hydrogen-bond donors (Lipinski definition) is 3. The standard InChI is InChI=1S/C15H18N4O3/c1-10(18-15(20)16-9-12-4-5-17-19-12)11-2-3-13-14(8-11)22-7-6-21-13/h2-5,8,10H,6-7,9H2,1H3,(H,17,19)(H2,16,18,20). The highest BCUT2D eigenvalue weighted by molar-refractivity contribution is 5.74. The second-order valence-corrected chi connectivity index (χ2v) is 5.03. The molecule has 1 aliphatic rings. The van der Waals surface area contributed by atoms with E-state index in [1.165, 1.54) is 0 Å². The van der Waals surface area contributed by atoms with Crippen molar-refractivity contribution in [3.05, 3.63) is 41.7 Å². The summed E-state index contributed by atoms with van der Waals surface area (Å²) >= 11 is 0. The number of H-pyrrole nitrogens is 1. The molecule has 3 rings (SSSR count). The minimum absolute atomic E-state index is 0.141. The second-order valence-electron chi connectivity index (χ2n) is 5.03. The van der Waals surface area contributed by atoms with E-state index >= 15 is 0 Å². The van der Waals surface area contributed by atoms with E-state index < -0.39 is 0 Å². The lowest BCUT2D eigenvalue weighted by molar-refractivity contribution is 0.171. The van der Waals surface area contributed by atoms with Crippen LogP contribution >= 0.6 is 0 Å². The number of carbonyl (C=O) groups is 1. The average Bonchev–Trinajstić information content (AvgIpc) is 3.06. The molecule has 1 atom stereocenters. The Morgan fingerprint density at radius 2 is 2.14 bits per heavy atom. The van der Waals surface area contributed by atoms with E-state index in [9.17, 15) is 4.79 Å². The van der Waals surface area contributed by atoms with E-state index in [2.05, 4.69) is 20.8 Å². The minimum atomic E-state index is -0.239. The average molecular weight is 302 g/mol. The fraction of sp³-hybridized carbons (Fsp3) is 0.333. The van der Waals surface area contributed by atoms with Gasteiger partial charge in [0.2, 0.25) is 0 Å². The molecule has 2 amide bonds. The molecule has 1 aromatic carbocycles. The van der Waals surface area contributed by atoms with Crippen molar-refractivity contribution in [3.63, 3.8) is 0 Å². The van der Waals surface area contributed by atoms with E-state index in [1.54, 1.807) is 6.20 Å². The van der Waals surface area contributed by atoms with Crippen LogP contribution in [0.4, 0.5) is 4.79 Å². The topological polar surface area (TPSA) is 88.3 Å². The predicted molar refractivity (Wildman–Crippen MR) is 79.8 cm³/mol. The molecule has 7 heteroatoms. The molecule has 2 heterocycles. The summed E-state index contributed by atoms with van der Waals surface area (Å²) in [6, 6.07) is 7.12. The predicted octanol–water partition coefficient (Wildman–Crippen LogP) is 1.74. The summed E-state index contributed by atoms with van der Waals surface area (Å²) in [5.74, 6) is 1.46. The quantitative estimate of drug-likeness (QED) is 0.802. The Morgan fingerprint density at radius 3 is 2.91 bits per heavy atom. The zero-order chi connectivity index (χ0) is 15.4. The monoisotopic (exact) mass is 302 g/mol. The maximum Gasteiger partial charge on any atom is 0.315 e. The number of aromatic nitrogens is 2. The SMILES string of the molecule is CC(NC(=O)NCc1ccn[nH]1)c1ccc2c(c1)OCCO2. The van der Waals surface area contributed by atoms with Gasteiger partial charge in [0.05, 0.1) is 18.3 Å². The number of ether oxygens (including phenoxy) is 2. The summed E-state index contributed by atoms with van der Waals surface area (Å²) in [5.41, 5.74) is 1.81. The third-order valence-corrected chi connectivity index (χ3v) is 3.41. The van der Waals surface area contributed by atoms with E-state index in [0.717, 1.165) is 22.8 Å². The summed E-state index contributed by atoms with van der Waals surface area (Å²) in [6.45, 7) is 3.43. The molecule has 116 valence electrons. The molecule has 7 nitrogen and oxygen atoms in total. The van der Waals surface area contributed by atoms with Crippen LogP contribution in [0.5, 0.6) is 11.5 Å². The summed E-state index contributed by atoms with van der Waals surface area (Å²) in [4.78, 5) is 11.9. The number of fused-ring (bicyclic) bond motifs is 1. The molecular formula is C15H18N4O3.